The molecule has 6 heteroatoms. The third kappa shape index (κ3) is 4.16. The number of hydrogen-bond acceptors (Lipinski definition) is 3. The fourth-order valence-corrected chi connectivity index (χ4v) is 2.43. The van der Waals surface area contributed by atoms with Gasteiger partial charge in [-0.05, 0) is 30.8 Å². The number of amides is 1. The average molecular weight is 300 g/mol. The highest BCUT2D eigenvalue weighted by atomic mass is 35.5. The number of hydrogen-bond donors (Lipinski definition) is 1. The van der Waals surface area contributed by atoms with Crippen LogP contribution in [-0.4, -0.2) is 55.5 Å². The maximum Gasteiger partial charge on any atom is 0.236 e. The first-order valence-corrected chi connectivity index (χ1v) is 7.05. The van der Waals surface area contributed by atoms with Crippen molar-refractivity contribution in [2.45, 2.75) is 6.54 Å². The maximum absolute atomic E-state index is 13.2. The Morgan fingerprint density at radius 3 is 2.85 bits per heavy atom. The van der Waals surface area contributed by atoms with E-state index in [-0.39, 0.29) is 11.7 Å². The maximum atomic E-state index is 13.2. The summed E-state index contributed by atoms with van der Waals surface area (Å²) in [5, 5.41) is 3.73. The lowest BCUT2D eigenvalue weighted by molar-refractivity contribution is -0.132. The van der Waals surface area contributed by atoms with Gasteiger partial charge in [0.2, 0.25) is 5.91 Å². The fourth-order valence-electron chi connectivity index (χ4n) is 2.26. The zero-order valence-corrected chi connectivity index (χ0v) is 12.3. The molecule has 1 fully saturated rings. The van der Waals surface area contributed by atoms with Crippen molar-refractivity contribution in [2.75, 3.05) is 39.8 Å². The summed E-state index contributed by atoms with van der Waals surface area (Å²) in [7, 11) is 1.83. The van der Waals surface area contributed by atoms with Crippen LogP contribution >= 0.6 is 11.6 Å². The molecule has 0 aliphatic carbocycles. The molecular weight excluding hydrogens is 281 g/mol. The van der Waals surface area contributed by atoms with Crippen LogP contribution in [0.2, 0.25) is 5.02 Å². The summed E-state index contributed by atoms with van der Waals surface area (Å²) in [6, 6.07) is 4.28. The summed E-state index contributed by atoms with van der Waals surface area (Å²) < 4.78 is 13.2. The van der Waals surface area contributed by atoms with Crippen LogP contribution in [0.15, 0.2) is 18.2 Å². The first-order valence-electron chi connectivity index (χ1n) is 6.67. The van der Waals surface area contributed by atoms with Crippen molar-refractivity contribution in [3.8, 4) is 0 Å². The van der Waals surface area contributed by atoms with Crippen molar-refractivity contribution < 1.29 is 9.18 Å². The third-order valence-electron chi connectivity index (χ3n) is 3.32. The molecule has 1 aromatic carbocycles. The normalized spacial score (nSPS) is 15.7. The quantitative estimate of drug-likeness (QED) is 0.911. The number of halogens is 2. The zero-order chi connectivity index (χ0) is 14.5. The van der Waals surface area contributed by atoms with E-state index in [0.29, 0.717) is 23.7 Å². The molecule has 0 bridgehead atoms. The number of rotatable bonds is 4. The molecule has 1 aromatic rings. The Bertz CT molecular complexity index is 477. The van der Waals surface area contributed by atoms with Gasteiger partial charge in [0.1, 0.15) is 5.82 Å². The SMILES string of the molecule is CN(CC(=O)N1CCNCC1)Cc1cc(F)ccc1Cl. The molecule has 0 atom stereocenters. The van der Waals surface area contributed by atoms with E-state index < -0.39 is 0 Å². The zero-order valence-electron chi connectivity index (χ0n) is 11.5. The molecule has 0 radical (unpaired) electrons. The summed E-state index contributed by atoms with van der Waals surface area (Å²) in [5.41, 5.74) is 0.697. The Labute approximate surface area is 123 Å². The fraction of sp³-hybridized carbons (Fsp3) is 0.500. The number of carbonyl (C=O) groups excluding carboxylic acids is 1. The van der Waals surface area contributed by atoms with Crippen LogP contribution in [-0.2, 0) is 11.3 Å². The molecule has 1 N–H and O–H groups in total. The van der Waals surface area contributed by atoms with Gasteiger partial charge in [-0.3, -0.25) is 9.69 Å². The van der Waals surface area contributed by atoms with Gasteiger partial charge in [-0.25, -0.2) is 4.39 Å². The number of benzene rings is 1. The Balaban J connectivity index is 1.89. The molecule has 110 valence electrons. The van der Waals surface area contributed by atoms with E-state index in [1.165, 1.54) is 18.2 Å². The number of carbonyl (C=O) groups is 1. The summed E-state index contributed by atoms with van der Waals surface area (Å²) in [5.74, 6) is -0.215. The summed E-state index contributed by atoms with van der Waals surface area (Å²) in [6.07, 6.45) is 0. The van der Waals surface area contributed by atoms with Crippen LogP contribution in [0.3, 0.4) is 0 Å². The lowest BCUT2D eigenvalue weighted by atomic mass is 10.2. The lowest BCUT2D eigenvalue weighted by Crippen LogP contribution is -2.49. The lowest BCUT2D eigenvalue weighted by Gasteiger charge is -2.29. The predicted molar refractivity (Wildman–Crippen MR) is 77.2 cm³/mol. The van der Waals surface area contributed by atoms with E-state index in [4.69, 9.17) is 11.6 Å². The van der Waals surface area contributed by atoms with Gasteiger partial charge >= 0.3 is 0 Å². The average Bonchev–Trinajstić information content (AvgIpc) is 2.43. The van der Waals surface area contributed by atoms with Crippen molar-refractivity contribution in [3.63, 3.8) is 0 Å². The second-order valence-corrected chi connectivity index (χ2v) is 5.45. The first kappa shape index (κ1) is 15.2. The first-order chi connectivity index (χ1) is 9.56. The highest BCUT2D eigenvalue weighted by Crippen LogP contribution is 2.18. The molecule has 1 amide bonds. The summed E-state index contributed by atoms with van der Waals surface area (Å²) >= 11 is 6.03. The Morgan fingerprint density at radius 1 is 1.45 bits per heavy atom. The van der Waals surface area contributed by atoms with E-state index in [2.05, 4.69) is 5.32 Å². The second kappa shape index (κ2) is 7.02. The van der Waals surface area contributed by atoms with Crippen LogP contribution in [0.5, 0.6) is 0 Å². The van der Waals surface area contributed by atoms with Crippen molar-refractivity contribution >= 4 is 17.5 Å². The van der Waals surface area contributed by atoms with Gasteiger partial charge < -0.3 is 10.2 Å². The largest absolute Gasteiger partial charge is 0.339 e. The molecule has 1 aliphatic heterocycles. The molecule has 0 spiro atoms. The van der Waals surface area contributed by atoms with Gasteiger partial charge in [-0.1, -0.05) is 11.6 Å². The van der Waals surface area contributed by atoms with Gasteiger partial charge in [0.15, 0.2) is 0 Å². The van der Waals surface area contributed by atoms with Gasteiger partial charge in [0, 0.05) is 37.7 Å². The van der Waals surface area contributed by atoms with Crippen molar-refractivity contribution in [2.24, 2.45) is 0 Å². The minimum Gasteiger partial charge on any atom is -0.339 e. The van der Waals surface area contributed by atoms with Gasteiger partial charge in [-0.2, -0.15) is 0 Å². The monoisotopic (exact) mass is 299 g/mol. The van der Waals surface area contributed by atoms with Crippen LogP contribution in [0.4, 0.5) is 4.39 Å². The van der Waals surface area contributed by atoms with Gasteiger partial charge in [-0.15, -0.1) is 0 Å². The molecule has 0 saturated carbocycles. The number of nitrogens with one attached hydrogen (secondary N) is 1. The van der Waals surface area contributed by atoms with Gasteiger partial charge in [0.05, 0.1) is 6.54 Å². The van der Waals surface area contributed by atoms with E-state index >= 15 is 0 Å². The number of likely N-dealkylation sites (N-methyl/N-ethyl adjacent to an activating group) is 1. The van der Waals surface area contributed by atoms with Crippen LogP contribution in [0, 0.1) is 5.82 Å². The van der Waals surface area contributed by atoms with Crippen LogP contribution < -0.4 is 5.32 Å². The van der Waals surface area contributed by atoms with Crippen molar-refractivity contribution in [1.29, 1.82) is 0 Å². The smallest absolute Gasteiger partial charge is 0.236 e. The topological polar surface area (TPSA) is 35.6 Å². The molecular formula is C14H19ClFN3O. The predicted octanol–water partition coefficient (Wildman–Crippen LogP) is 1.34. The van der Waals surface area contributed by atoms with E-state index in [1.807, 2.05) is 16.8 Å². The number of nitrogens with zero attached hydrogens (tertiary/aromatic N) is 2. The van der Waals surface area contributed by atoms with E-state index in [9.17, 15) is 9.18 Å². The molecule has 1 saturated heterocycles. The highest BCUT2D eigenvalue weighted by Gasteiger charge is 2.18. The molecule has 0 unspecified atom stereocenters. The van der Waals surface area contributed by atoms with Crippen LogP contribution in [0.25, 0.3) is 0 Å². The van der Waals surface area contributed by atoms with Gasteiger partial charge in [0.25, 0.3) is 0 Å². The Hall–Kier alpha value is -1.17. The molecule has 1 aliphatic rings. The second-order valence-electron chi connectivity index (χ2n) is 5.04. The third-order valence-corrected chi connectivity index (χ3v) is 3.69. The Morgan fingerprint density at radius 2 is 2.15 bits per heavy atom. The molecule has 1 heterocycles. The molecule has 0 aromatic heterocycles. The van der Waals surface area contributed by atoms with Crippen molar-refractivity contribution in [3.05, 3.63) is 34.6 Å². The van der Waals surface area contributed by atoms with E-state index in [0.717, 1.165) is 26.2 Å². The Kier molecular flexibility index (Phi) is 5.34. The standard InChI is InChI=1S/C14H19ClFN3O/c1-18(9-11-8-12(16)2-3-13(11)15)10-14(20)19-6-4-17-5-7-19/h2-3,8,17H,4-7,9-10H2,1H3. The van der Waals surface area contributed by atoms with E-state index in [1.54, 1.807) is 0 Å². The van der Waals surface area contributed by atoms with Crippen LogP contribution in [0.1, 0.15) is 5.56 Å². The minimum absolute atomic E-state index is 0.0986. The van der Waals surface area contributed by atoms with Crippen molar-refractivity contribution in [1.82, 2.24) is 15.1 Å². The molecule has 2 rings (SSSR count). The minimum atomic E-state index is -0.314. The molecule has 4 nitrogen and oxygen atoms in total. The summed E-state index contributed by atoms with van der Waals surface area (Å²) in [6.45, 7) is 3.93. The highest BCUT2D eigenvalue weighted by molar-refractivity contribution is 6.31. The molecule has 20 heavy (non-hydrogen) atoms. The summed E-state index contributed by atoms with van der Waals surface area (Å²) in [4.78, 5) is 15.8. The number of piperazine rings is 1.